The summed E-state index contributed by atoms with van der Waals surface area (Å²) >= 11 is 0. The molecule has 1 heterocycles. The number of aromatic nitrogens is 2. The highest BCUT2D eigenvalue weighted by molar-refractivity contribution is 6.07. The van der Waals surface area contributed by atoms with Gasteiger partial charge in [0.2, 0.25) is 0 Å². The van der Waals surface area contributed by atoms with E-state index in [1.165, 1.54) is 4.90 Å². The zero-order chi connectivity index (χ0) is 23.2. The van der Waals surface area contributed by atoms with Crippen LogP contribution in [0.5, 0.6) is 5.75 Å². The summed E-state index contributed by atoms with van der Waals surface area (Å²) in [5, 5.41) is 6.67. The maximum atomic E-state index is 12.8. The molecule has 0 fully saturated rings. The third-order valence-corrected chi connectivity index (χ3v) is 5.03. The van der Waals surface area contributed by atoms with Gasteiger partial charge in [0.05, 0.1) is 13.7 Å². The molecule has 0 radical (unpaired) electrons. The standard InChI is InChI=1S/C25H22N4O4/c1-29(20-9-4-3-5-10-20)25(31)19-8-6-7-18(15-19)23(30)26-16-22-27-24(33-28-22)17-11-13-21(32-2)14-12-17/h3-15H,16H2,1-2H3,(H,26,30). The second-order valence-electron chi connectivity index (χ2n) is 7.21. The smallest absolute Gasteiger partial charge is 0.258 e. The molecule has 0 bridgehead atoms. The molecule has 166 valence electrons. The van der Waals surface area contributed by atoms with Gasteiger partial charge < -0.3 is 19.5 Å². The van der Waals surface area contributed by atoms with Crippen LogP contribution < -0.4 is 15.0 Å². The van der Waals surface area contributed by atoms with E-state index in [9.17, 15) is 9.59 Å². The summed E-state index contributed by atoms with van der Waals surface area (Å²) in [6.07, 6.45) is 0. The Kier molecular flexibility index (Phi) is 6.45. The van der Waals surface area contributed by atoms with Gasteiger partial charge in [-0.2, -0.15) is 4.98 Å². The molecule has 0 aliphatic carbocycles. The Labute approximate surface area is 190 Å². The topological polar surface area (TPSA) is 97.6 Å². The summed E-state index contributed by atoms with van der Waals surface area (Å²) in [7, 11) is 3.29. The van der Waals surface area contributed by atoms with Crippen molar-refractivity contribution < 1.29 is 18.8 Å². The highest BCUT2D eigenvalue weighted by Crippen LogP contribution is 2.21. The highest BCUT2D eigenvalue weighted by atomic mass is 16.5. The monoisotopic (exact) mass is 442 g/mol. The molecule has 0 unspecified atom stereocenters. The molecule has 1 aromatic heterocycles. The quantitative estimate of drug-likeness (QED) is 0.465. The van der Waals surface area contributed by atoms with Crippen molar-refractivity contribution in [2.75, 3.05) is 19.1 Å². The second kappa shape index (κ2) is 9.78. The number of benzene rings is 3. The maximum absolute atomic E-state index is 12.8. The van der Waals surface area contributed by atoms with E-state index in [0.717, 1.165) is 17.0 Å². The first-order valence-electron chi connectivity index (χ1n) is 10.2. The molecule has 0 saturated carbocycles. The Hall–Kier alpha value is -4.46. The first kappa shape index (κ1) is 21.8. The normalized spacial score (nSPS) is 10.5. The van der Waals surface area contributed by atoms with Gasteiger partial charge in [0.25, 0.3) is 17.7 Å². The molecule has 0 saturated heterocycles. The van der Waals surface area contributed by atoms with Crippen molar-refractivity contribution >= 4 is 17.5 Å². The number of amides is 2. The van der Waals surface area contributed by atoms with Gasteiger partial charge in [0.1, 0.15) is 5.75 Å². The number of nitrogens with zero attached hydrogens (tertiary/aromatic N) is 3. The summed E-state index contributed by atoms with van der Waals surface area (Å²) in [6.45, 7) is 0.0839. The van der Waals surface area contributed by atoms with Gasteiger partial charge in [-0.15, -0.1) is 0 Å². The fourth-order valence-corrected chi connectivity index (χ4v) is 3.19. The summed E-state index contributed by atoms with van der Waals surface area (Å²) in [5.41, 5.74) is 2.29. The van der Waals surface area contributed by atoms with Gasteiger partial charge in [-0.3, -0.25) is 9.59 Å². The molecule has 0 atom stereocenters. The van der Waals surface area contributed by atoms with Gasteiger partial charge in [0, 0.05) is 29.4 Å². The van der Waals surface area contributed by atoms with E-state index in [1.54, 1.807) is 50.6 Å². The van der Waals surface area contributed by atoms with E-state index < -0.39 is 0 Å². The first-order chi connectivity index (χ1) is 16.0. The number of hydrogen-bond donors (Lipinski definition) is 1. The average Bonchev–Trinajstić information content (AvgIpc) is 3.36. The zero-order valence-corrected chi connectivity index (χ0v) is 18.2. The van der Waals surface area contributed by atoms with Gasteiger partial charge in [0.15, 0.2) is 5.82 Å². The number of rotatable bonds is 7. The van der Waals surface area contributed by atoms with Crippen LogP contribution in [0.2, 0.25) is 0 Å². The molecule has 33 heavy (non-hydrogen) atoms. The number of ether oxygens (including phenoxy) is 1. The van der Waals surface area contributed by atoms with Crippen LogP contribution >= 0.6 is 0 Å². The molecule has 4 rings (SSSR count). The van der Waals surface area contributed by atoms with Crippen LogP contribution in [0.25, 0.3) is 11.5 Å². The van der Waals surface area contributed by atoms with Crippen molar-refractivity contribution in [2.45, 2.75) is 6.54 Å². The average molecular weight is 442 g/mol. The lowest BCUT2D eigenvalue weighted by molar-refractivity contribution is 0.0949. The molecule has 1 N–H and O–H groups in total. The number of hydrogen-bond acceptors (Lipinski definition) is 6. The van der Waals surface area contributed by atoms with Crippen molar-refractivity contribution in [1.29, 1.82) is 0 Å². The zero-order valence-electron chi connectivity index (χ0n) is 18.2. The SMILES string of the molecule is COc1ccc(-c2nc(CNC(=O)c3cccc(C(=O)N(C)c4ccccc4)c3)no2)cc1. The minimum absolute atomic E-state index is 0.0839. The maximum Gasteiger partial charge on any atom is 0.258 e. The Morgan fingerprint density at radius 1 is 0.970 bits per heavy atom. The third kappa shape index (κ3) is 5.07. The summed E-state index contributed by atoms with van der Waals surface area (Å²) in [5.74, 6) is 0.853. The Bertz CT molecular complexity index is 1250. The highest BCUT2D eigenvalue weighted by Gasteiger charge is 2.16. The van der Waals surface area contributed by atoms with E-state index in [-0.39, 0.29) is 18.4 Å². The van der Waals surface area contributed by atoms with Crippen LogP contribution in [0, 0.1) is 0 Å². The predicted molar refractivity (Wildman–Crippen MR) is 123 cm³/mol. The lowest BCUT2D eigenvalue weighted by atomic mass is 10.1. The van der Waals surface area contributed by atoms with Gasteiger partial charge >= 0.3 is 0 Å². The number of nitrogens with one attached hydrogen (secondary N) is 1. The van der Waals surface area contributed by atoms with Gasteiger partial charge in [-0.05, 0) is 54.6 Å². The van der Waals surface area contributed by atoms with Crippen LogP contribution in [-0.2, 0) is 6.54 Å². The Morgan fingerprint density at radius 3 is 2.42 bits per heavy atom. The number of carbonyl (C=O) groups excluding carboxylic acids is 2. The molecule has 0 aliphatic heterocycles. The second-order valence-corrected chi connectivity index (χ2v) is 7.21. The van der Waals surface area contributed by atoms with E-state index in [1.807, 2.05) is 42.5 Å². The number of methoxy groups -OCH3 is 1. The molecule has 8 heteroatoms. The summed E-state index contributed by atoms with van der Waals surface area (Å²) in [4.78, 5) is 31.3. The fraction of sp³-hybridized carbons (Fsp3) is 0.120. The summed E-state index contributed by atoms with van der Waals surface area (Å²) < 4.78 is 10.4. The van der Waals surface area contributed by atoms with Gasteiger partial charge in [-0.25, -0.2) is 0 Å². The molecular formula is C25H22N4O4. The van der Waals surface area contributed by atoms with Crippen LogP contribution in [0.15, 0.2) is 83.4 Å². The molecule has 2 amide bonds. The number of para-hydroxylation sites is 1. The van der Waals surface area contributed by atoms with Crippen LogP contribution in [-0.4, -0.2) is 36.1 Å². The van der Waals surface area contributed by atoms with Crippen LogP contribution in [0.3, 0.4) is 0 Å². The van der Waals surface area contributed by atoms with Crippen molar-refractivity contribution in [1.82, 2.24) is 15.5 Å². The van der Waals surface area contributed by atoms with Crippen molar-refractivity contribution in [3.05, 3.63) is 95.8 Å². The Morgan fingerprint density at radius 2 is 1.70 bits per heavy atom. The fourth-order valence-electron chi connectivity index (χ4n) is 3.19. The number of anilines is 1. The van der Waals surface area contributed by atoms with E-state index in [0.29, 0.717) is 22.8 Å². The Balaban J connectivity index is 1.40. The first-order valence-corrected chi connectivity index (χ1v) is 10.2. The van der Waals surface area contributed by atoms with Crippen LogP contribution in [0.4, 0.5) is 5.69 Å². The van der Waals surface area contributed by atoms with E-state index in [4.69, 9.17) is 9.26 Å². The lowest BCUT2D eigenvalue weighted by Gasteiger charge is -2.17. The van der Waals surface area contributed by atoms with Crippen molar-refractivity contribution in [3.8, 4) is 17.2 Å². The molecule has 0 aliphatic rings. The molecule has 3 aromatic carbocycles. The number of carbonyl (C=O) groups is 2. The van der Waals surface area contributed by atoms with E-state index in [2.05, 4.69) is 15.5 Å². The molecular weight excluding hydrogens is 420 g/mol. The predicted octanol–water partition coefficient (Wildman–Crippen LogP) is 3.95. The van der Waals surface area contributed by atoms with Crippen LogP contribution in [0.1, 0.15) is 26.5 Å². The van der Waals surface area contributed by atoms with Crippen molar-refractivity contribution in [2.24, 2.45) is 0 Å². The van der Waals surface area contributed by atoms with Crippen molar-refractivity contribution in [3.63, 3.8) is 0 Å². The minimum atomic E-state index is -0.345. The minimum Gasteiger partial charge on any atom is -0.497 e. The van der Waals surface area contributed by atoms with E-state index >= 15 is 0 Å². The summed E-state index contributed by atoms with van der Waals surface area (Å²) in [6, 6.07) is 23.1. The lowest BCUT2D eigenvalue weighted by Crippen LogP contribution is -2.27. The van der Waals surface area contributed by atoms with Gasteiger partial charge in [-0.1, -0.05) is 29.4 Å². The largest absolute Gasteiger partial charge is 0.497 e. The molecule has 0 spiro atoms. The third-order valence-electron chi connectivity index (χ3n) is 5.03. The molecule has 8 nitrogen and oxygen atoms in total. The molecule has 4 aromatic rings.